The van der Waals surface area contributed by atoms with Crippen LogP contribution >= 0.6 is 22.6 Å². The number of carbonyl (C=O) groups is 1. The lowest BCUT2D eigenvalue weighted by Gasteiger charge is -2.31. The highest BCUT2D eigenvalue weighted by atomic mass is 127. The summed E-state index contributed by atoms with van der Waals surface area (Å²) in [7, 11) is 0. The van der Waals surface area contributed by atoms with Crippen molar-refractivity contribution in [2.75, 3.05) is 13.1 Å². The third-order valence-corrected chi connectivity index (χ3v) is 3.95. The molecule has 0 aromatic heterocycles. The number of likely N-dealkylation sites (tertiary alicyclic amines) is 1. The van der Waals surface area contributed by atoms with E-state index in [1.807, 2.05) is 29.2 Å². The van der Waals surface area contributed by atoms with E-state index in [2.05, 4.69) is 29.2 Å². The number of piperidine rings is 1. The van der Waals surface area contributed by atoms with E-state index in [1.165, 1.54) is 6.08 Å². The van der Waals surface area contributed by atoms with Crippen LogP contribution in [-0.4, -0.2) is 30.0 Å². The largest absolute Gasteiger partial charge is 0.489 e. The first-order valence-corrected chi connectivity index (χ1v) is 7.11. The van der Waals surface area contributed by atoms with Gasteiger partial charge in [0.05, 0.1) is 3.57 Å². The Morgan fingerprint density at radius 2 is 2.06 bits per heavy atom. The summed E-state index contributed by atoms with van der Waals surface area (Å²) >= 11 is 2.27. The van der Waals surface area contributed by atoms with E-state index < -0.39 is 0 Å². The van der Waals surface area contributed by atoms with E-state index in [0.717, 1.165) is 35.3 Å². The maximum absolute atomic E-state index is 11.5. The molecule has 1 heterocycles. The number of nitrogens with zero attached hydrogens (tertiary/aromatic N) is 1. The van der Waals surface area contributed by atoms with E-state index in [1.54, 1.807) is 0 Å². The molecule has 0 bridgehead atoms. The normalized spacial score (nSPS) is 16.4. The fourth-order valence-electron chi connectivity index (χ4n) is 2.04. The van der Waals surface area contributed by atoms with E-state index in [9.17, 15) is 4.79 Å². The van der Waals surface area contributed by atoms with Gasteiger partial charge in [-0.05, 0) is 40.8 Å². The standard InChI is InChI=1S/C14H16INO2/c1-2-14(17)16-9-7-11(8-10-16)18-13-6-4-3-5-12(13)15/h2-6,11H,1,7-10H2. The summed E-state index contributed by atoms with van der Waals surface area (Å²) in [4.78, 5) is 13.3. The summed E-state index contributed by atoms with van der Waals surface area (Å²) in [5.41, 5.74) is 0. The first-order valence-electron chi connectivity index (χ1n) is 6.03. The van der Waals surface area contributed by atoms with Crippen LogP contribution in [0.4, 0.5) is 0 Å². The first-order chi connectivity index (χ1) is 8.70. The zero-order valence-electron chi connectivity index (χ0n) is 10.1. The molecule has 2 rings (SSSR count). The summed E-state index contributed by atoms with van der Waals surface area (Å²) in [6.45, 7) is 5.01. The molecule has 1 aromatic rings. The van der Waals surface area contributed by atoms with Crippen LogP contribution in [0.15, 0.2) is 36.9 Å². The second-order valence-electron chi connectivity index (χ2n) is 4.28. The third-order valence-electron chi connectivity index (χ3n) is 3.06. The lowest BCUT2D eigenvalue weighted by atomic mass is 10.1. The number of para-hydroxylation sites is 1. The van der Waals surface area contributed by atoms with Gasteiger partial charge in [0.1, 0.15) is 11.9 Å². The minimum atomic E-state index is 0.0164. The Kier molecular flexibility index (Phi) is 4.63. The number of hydrogen-bond donors (Lipinski definition) is 0. The van der Waals surface area contributed by atoms with E-state index >= 15 is 0 Å². The highest BCUT2D eigenvalue weighted by Gasteiger charge is 2.22. The maximum Gasteiger partial charge on any atom is 0.245 e. The van der Waals surface area contributed by atoms with Crippen molar-refractivity contribution < 1.29 is 9.53 Å². The molecular formula is C14H16INO2. The Bertz CT molecular complexity index is 439. The lowest BCUT2D eigenvalue weighted by molar-refractivity contribution is -0.127. The van der Waals surface area contributed by atoms with Crippen LogP contribution < -0.4 is 4.74 Å². The molecule has 18 heavy (non-hydrogen) atoms. The Labute approximate surface area is 121 Å². The molecular weight excluding hydrogens is 341 g/mol. The summed E-state index contributed by atoms with van der Waals surface area (Å²) in [6, 6.07) is 8.00. The van der Waals surface area contributed by atoms with Crippen molar-refractivity contribution in [2.24, 2.45) is 0 Å². The second kappa shape index (κ2) is 6.22. The van der Waals surface area contributed by atoms with Gasteiger partial charge in [0.25, 0.3) is 0 Å². The molecule has 0 spiro atoms. The summed E-state index contributed by atoms with van der Waals surface area (Å²) < 4.78 is 7.10. The van der Waals surface area contributed by atoms with Crippen LogP contribution in [-0.2, 0) is 4.79 Å². The van der Waals surface area contributed by atoms with Gasteiger partial charge >= 0.3 is 0 Å². The number of carbonyl (C=O) groups excluding carboxylic acids is 1. The van der Waals surface area contributed by atoms with E-state index in [-0.39, 0.29) is 12.0 Å². The zero-order valence-corrected chi connectivity index (χ0v) is 12.3. The average molecular weight is 357 g/mol. The highest BCUT2D eigenvalue weighted by Crippen LogP contribution is 2.24. The van der Waals surface area contributed by atoms with Gasteiger partial charge in [-0.15, -0.1) is 0 Å². The highest BCUT2D eigenvalue weighted by molar-refractivity contribution is 14.1. The van der Waals surface area contributed by atoms with Gasteiger partial charge in [0.2, 0.25) is 5.91 Å². The molecule has 1 saturated heterocycles. The number of hydrogen-bond acceptors (Lipinski definition) is 2. The number of ether oxygens (including phenoxy) is 1. The molecule has 4 heteroatoms. The summed E-state index contributed by atoms with van der Waals surface area (Å²) in [6.07, 6.45) is 3.34. The first kappa shape index (κ1) is 13.4. The van der Waals surface area contributed by atoms with E-state index in [4.69, 9.17) is 4.74 Å². The Hall–Kier alpha value is -1.04. The van der Waals surface area contributed by atoms with Crippen molar-refractivity contribution in [2.45, 2.75) is 18.9 Å². The minimum absolute atomic E-state index is 0.0164. The van der Waals surface area contributed by atoms with Crippen molar-refractivity contribution in [1.82, 2.24) is 4.90 Å². The number of amides is 1. The molecule has 1 amide bonds. The summed E-state index contributed by atoms with van der Waals surface area (Å²) in [5.74, 6) is 0.953. The van der Waals surface area contributed by atoms with Crippen LogP contribution in [0.3, 0.4) is 0 Å². The topological polar surface area (TPSA) is 29.5 Å². The SMILES string of the molecule is C=CC(=O)N1CCC(Oc2ccccc2I)CC1. The van der Waals surface area contributed by atoms with Crippen molar-refractivity contribution >= 4 is 28.5 Å². The molecule has 0 unspecified atom stereocenters. The van der Waals surface area contributed by atoms with Crippen LogP contribution in [0, 0.1) is 3.57 Å². The third kappa shape index (κ3) is 3.25. The van der Waals surface area contributed by atoms with Gasteiger partial charge in [-0.2, -0.15) is 0 Å². The number of halogens is 1. The predicted molar refractivity (Wildman–Crippen MR) is 79.6 cm³/mol. The molecule has 1 aliphatic rings. The van der Waals surface area contributed by atoms with Crippen LogP contribution in [0.5, 0.6) is 5.75 Å². The maximum atomic E-state index is 11.5. The van der Waals surface area contributed by atoms with E-state index in [0.29, 0.717) is 0 Å². The van der Waals surface area contributed by atoms with Gasteiger partial charge in [0.15, 0.2) is 0 Å². The Balaban J connectivity index is 1.89. The van der Waals surface area contributed by atoms with Gasteiger partial charge < -0.3 is 9.64 Å². The molecule has 1 fully saturated rings. The molecule has 1 aliphatic heterocycles. The van der Waals surface area contributed by atoms with Gasteiger partial charge in [-0.1, -0.05) is 18.7 Å². The monoisotopic (exact) mass is 357 g/mol. The lowest BCUT2D eigenvalue weighted by Crippen LogP contribution is -2.41. The molecule has 0 atom stereocenters. The quantitative estimate of drug-likeness (QED) is 0.615. The molecule has 0 saturated carbocycles. The minimum Gasteiger partial charge on any atom is -0.489 e. The second-order valence-corrected chi connectivity index (χ2v) is 5.44. The molecule has 0 N–H and O–H groups in total. The zero-order chi connectivity index (χ0) is 13.0. The molecule has 0 aliphatic carbocycles. The molecule has 3 nitrogen and oxygen atoms in total. The number of rotatable bonds is 3. The van der Waals surface area contributed by atoms with Crippen LogP contribution in [0.25, 0.3) is 0 Å². The van der Waals surface area contributed by atoms with Crippen LogP contribution in [0.2, 0.25) is 0 Å². The average Bonchev–Trinajstić information content (AvgIpc) is 2.41. The van der Waals surface area contributed by atoms with Crippen molar-refractivity contribution in [3.63, 3.8) is 0 Å². The van der Waals surface area contributed by atoms with Gasteiger partial charge in [-0.25, -0.2) is 0 Å². The Morgan fingerprint density at radius 1 is 1.39 bits per heavy atom. The molecule has 96 valence electrons. The van der Waals surface area contributed by atoms with Crippen molar-refractivity contribution in [3.05, 3.63) is 40.5 Å². The Morgan fingerprint density at radius 3 is 2.67 bits per heavy atom. The van der Waals surface area contributed by atoms with Crippen molar-refractivity contribution in [3.8, 4) is 5.75 Å². The fourth-order valence-corrected chi connectivity index (χ4v) is 2.56. The van der Waals surface area contributed by atoms with Crippen molar-refractivity contribution in [1.29, 1.82) is 0 Å². The smallest absolute Gasteiger partial charge is 0.245 e. The fraction of sp³-hybridized carbons (Fsp3) is 0.357. The van der Waals surface area contributed by atoms with Gasteiger partial charge in [-0.3, -0.25) is 4.79 Å². The van der Waals surface area contributed by atoms with Gasteiger partial charge in [0, 0.05) is 25.9 Å². The molecule has 0 radical (unpaired) electrons. The number of benzene rings is 1. The summed E-state index contributed by atoms with van der Waals surface area (Å²) in [5, 5.41) is 0. The molecule has 1 aromatic carbocycles. The van der Waals surface area contributed by atoms with Crippen LogP contribution in [0.1, 0.15) is 12.8 Å². The predicted octanol–water partition coefficient (Wildman–Crippen LogP) is 2.85.